The Morgan fingerprint density at radius 3 is 2.64 bits per heavy atom. The molecule has 4 atom stereocenters. The number of halogens is 2. The molecule has 0 unspecified atom stereocenters. The second-order valence-corrected chi connectivity index (χ2v) is 14.5. The van der Waals surface area contributed by atoms with E-state index in [9.17, 15) is 9.59 Å². The lowest BCUT2D eigenvalue weighted by Crippen LogP contribution is -2.51. The van der Waals surface area contributed by atoms with Gasteiger partial charge in [0, 0.05) is 49.0 Å². The zero-order valence-corrected chi connectivity index (χ0v) is 27.9. The van der Waals surface area contributed by atoms with Crippen molar-refractivity contribution in [2.75, 3.05) is 6.54 Å². The monoisotopic (exact) mass is 679 g/mol. The highest BCUT2D eigenvalue weighted by Crippen LogP contribution is 2.44. The first kappa shape index (κ1) is 31.2. The first-order valence-electron chi connectivity index (χ1n) is 17.8. The van der Waals surface area contributed by atoms with Crippen LogP contribution in [0, 0.1) is 17.6 Å². The molecule has 2 aliphatic heterocycles. The van der Waals surface area contributed by atoms with E-state index in [1.165, 1.54) is 12.3 Å². The summed E-state index contributed by atoms with van der Waals surface area (Å²) in [5.74, 6) is -2.12. The summed E-state index contributed by atoms with van der Waals surface area (Å²) in [5.41, 5.74) is 9.56. The van der Waals surface area contributed by atoms with Crippen molar-refractivity contribution in [1.82, 2.24) is 39.3 Å². The van der Waals surface area contributed by atoms with Gasteiger partial charge in [0.1, 0.15) is 16.9 Å². The maximum atomic E-state index is 16.3. The van der Waals surface area contributed by atoms with E-state index >= 15 is 8.78 Å². The molecular formula is C37H39F2N9O2. The predicted molar refractivity (Wildman–Crippen MR) is 182 cm³/mol. The van der Waals surface area contributed by atoms with Crippen LogP contribution in [0.25, 0.3) is 33.6 Å². The molecule has 4 bridgehead atoms. The van der Waals surface area contributed by atoms with Crippen LogP contribution in [0.5, 0.6) is 0 Å². The van der Waals surface area contributed by atoms with E-state index < -0.39 is 23.6 Å². The summed E-state index contributed by atoms with van der Waals surface area (Å²) < 4.78 is 36.2. The van der Waals surface area contributed by atoms with Gasteiger partial charge in [0.05, 0.1) is 34.2 Å². The third kappa shape index (κ3) is 5.07. The number of piperidine rings is 1. The van der Waals surface area contributed by atoms with Gasteiger partial charge in [0.2, 0.25) is 0 Å². The number of benzene rings is 1. The molecular weight excluding hydrogens is 640 g/mol. The molecule has 3 fully saturated rings. The number of aryl methyl sites for hydroxylation is 2. The lowest BCUT2D eigenvalue weighted by atomic mass is 9.94. The summed E-state index contributed by atoms with van der Waals surface area (Å²) in [4.78, 5) is 47.5. The Morgan fingerprint density at radius 1 is 0.980 bits per heavy atom. The van der Waals surface area contributed by atoms with Gasteiger partial charge in [-0.25, -0.2) is 23.7 Å². The Kier molecular flexibility index (Phi) is 7.45. The third-order valence-electron chi connectivity index (χ3n) is 11.2. The minimum Gasteiger partial charge on any atom is -0.343 e. The molecule has 258 valence electrons. The maximum absolute atomic E-state index is 16.3. The molecule has 0 spiro atoms. The predicted octanol–water partition coefficient (Wildman–Crippen LogP) is 5.63. The van der Waals surface area contributed by atoms with Crippen LogP contribution < -0.4 is 11.1 Å². The van der Waals surface area contributed by atoms with E-state index in [4.69, 9.17) is 15.7 Å². The molecule has 2 saturated carbocycles. The van der Waals surface area contributed by atoms with Crippen molar-refractivity contribution >= 4 is 33.9 Å². The summed E-state index contributed by atoms with van der Waals surface area (Å²) in [6.07, 6.45) is 10.5. The van der Waals surface area contributed by atoms with Gasteiger partial charge in [-0.3, -0.25) is 14.6 Å². The van der Waals surface area contributed by atoms with Crippen molar-refractivity contribution in [1.29, 1.82) is 0 Å². The van der Waals surface area contributed by atoms with Gasteiger partial charge in [-0.15, -0.1) is 0 Å². The average Bonchev–Trinajstić information content (AvgIpc) is 3.59. The van der Waals surface area contributed by atoms with Crippen molar-refractivity contribution < 1.29 is 18.4 Å². The molecule has 6 heterocycles. The SMILES string of the molecule is C[C@H]1NC(=O)c2nccnc2CCCCCn2c(-c3nc4cc(C(=O)N5C[C@H](N)[C@@H]6CC[C@H]5C6)c(F)c(F)c4n3C3CC3)cc3ccc1nc32. The van der Waals surface area contributed by atoms with Gasteiger partial charge < -0.3 is 25.1 Å². The number of hydrogen-bond donors (Lipinski definition) is 2. The first-order valence-corrected chi connectivity index (χ1v) is 17.8. The van der Waals surface area contributed by atoms with Gasteiger partial charge in [-0.2, -0.15) is 0 Å². The summed E-state index contributed by atoms with van der Waals surface area (Å²) in [7, 11) is 0. The fourth-order valence-corrected chi connectivity index (χ4v) is 8.42. The number of amides is 2. The molecule has 2 aliphatic carbocycles. The zero-order chi connectivity index (χ0) is 34.3. The molecule has 50 heavy (non-hydrogen) atoms. The molecule has 5 aromatic rings. The Bertz CT molecular complexity index is 2190. The van der Waals surface area contributed by atoms with Crippen LogP contribution in [-0.2, 0) is 13.0 Å². The molecule has 3 N–H and O–H groups in total. The van der Waals surface area contributed by atoms with Crippen LogP contribution in [0.2, 0.25) is 0 Å². The number of nitrogens with one attached hydrogen (secondary N) is 1. The van der Waals surface area contributed by atoms with Gasteiger partial charge in [0.15, 0.2) is 17.5 Å². The number of carbonyl (C=O) groups is 2. The summed E-state index contributed by atoms with van der Waals surface area (Å²) in [6, 6.07) is 6.67. The summed E-state index contributed by atoms with van der Waals surface area (Å²) >= 11 is 0. The molecule has 13 heteroatoms. The van der Waals surface area contributed by atoms with Crippen molar-refractivity contribution in [3.8, 4) is 11.5 Å². The number of hydrogen-bond acceptors (Lipinski definition) is 7. The van der Waals surface area contributed by atoms with E-state index in [-0.39, 0.29) is 40.6 Å². The first-order chi connectivity index (χ1) is 24.3. The van der Waals surface area contributed by atoms with E-state index in [0.29, 0.717) is 48.3 Å². The number of aromatic nitrogens is 6. The fraction of sp³-hybridized carbons (Fsp3) is 0.459. The minimum absolute atomic E-state index is 0.00846. The normalized spacial score (nSPS) is 24.1. The van der Waals surface area contributed by atoms with Gasteiger partial charge in [-0.05, 0) is 88.5 Å². The molecule has 4 aromatic heterocycles. The lowest BCUT2D eigenvalue weighted by Gasteiger charge is -2.37. The molecule has 9 rings (SSSR count). The number of pyridine rings is 1. The van der Waals surface area contributed by atoms with Gasteiger partial charge >= 0.3 is 0 Å². The van der Waals surface area contributed by atoms with Crippen LogP contribution in [0.3, 0.4) is 0 Å². The number of nitrogens with zero attached hydrogens (tertiary/aromatic N) is 7. The number of nitrogens with two attached hydrogens (primary N) is 1. The average molecular weight is 680 g/mol. The number of likely N-dealkylation sites (tertiary alicyclic amines) is 1. The van der Waals surface area contributed by atoms with Gasteiger partial charge in [0.25, 0.3) is 11.8 Å². The van der Waals surface area contributed by atoms with Crippen molar-refractivity contribution in [2.24, 2.45) is 11.7 Å². The molecule has 1 aromatic carbocycles. The highest BCUT2D eigenvalue weighted by atomic mass is 19.2. The third-order valence-corrected chi connectivity index (χ3v) is 11.2. The second kappa shape index (κ2) is 11.9. The van der Waals surface area contributed by atoms with Crippen molar-refractivity contribution in [3.05, 3.63) is 70.9 Å². The zero-order valence-electron chi connectivity index (χ0n) is 27.9. The number of rotatable bonds is 3. The van der Waals surface area contributed by atoms with E-state index in [1.807, 2.05) is 29.7 Å². The minimum atomic E-state index is -1.14. The van der Waals surface area contributed by atoms with E-state index in [1.54, 1.807) is 11.1 Å². The quantitative estimate of drug-likeness (QED) is 0.252. The highest BCUT2D eigenvalue weighted by molar-refractivity contribution is 5.99. The maximum Gasteiger partial charge on any atom is 0.272 e. The second-order valence-electron chi connectivity index (χ2n) is 14.5. The smallest absolute Gasteiger partial charge is 0.272 e. The van der Waals surface area contributed by atoms with Crippen LogP contribution in [0.1, 0.15) is 103 Å². The van der Waals surface area contributed by atoms with E-state index in [2.05, 4.69) is 19.9 Å². The van der Waals surface area contributed by atoms with Gasteiger partial charge in [-0.1, -0.05) is 6.42 Å². The van der Waals surface area contributed by atoms with Crippen LogP contribution >= 0.6 is 0 Å². The Hall–Kier alpha value is -4.78. The summed E-state index contributed by atoms with van der Waals surface area (Å²) in [5, 5.41) is 3.91. The van der Waals surface area contributed by atoms with Crippen LogP contribution in [0.4, 0.5) is 8.78 Å². The lowest BCUT2D eigenvalue weighted by molar-refractivity contribution is 0.0598. The molecule has 11 nitrogen and oxygen atoms in total. The summed E-state index contributed by atoms with van der Waals surface area (Å²) in [6.45, 7) is 2.84. The molecule has 4 aliphatic rings. The highest BCUT2D eigenvalue weighted by Gasteiger charge is 2.42. The number of carbonyl (C=O) groups excluding carboxylic acids is 2. The standard InChI is InChI=1S/C37H39F2N9O2/c1-19-26-11-7-21-16-29(46(34(21)44-26)14-4-2-3-5-27-32(36(49)43-19)42-13-12-41-27)35-45-28-17-24(30(38)31(39)33(28)48(35)22-9-10-22)37(50)47-18-25(40)20-6-8-23(47)15-20/h7,11-13,16-17,19-20,22-23,25H,2-6,8-10,14-15,18,40H2,1H3,(H,43,49)/t19-,20-,23+,25+/m1/s1. The van der Waals surface area contributed by atoms with Crippen molar-refractivity contribution in [3.63, 3.8) is 0 Å². The topological polar surface area (TPSA) is 137 Å². The Balaban J connectivity index is 1.15. The molecule has 1 saturated heterocycles. The van der Waals surface area contributed by atoms with Crippen molar-refractivity contribution in [2.45, 2.75) is 95.4 Å². The Labute approximate surface area is 287 Å². The number of fused-ring (bicyclic) bond motifs is 5. The molecule has 0 radical (unpaired) electrons. The Morgan fingerprint density at radius 2 is 1.80 bits per heavy atom. The fourth-order valence-electron chi connectivity index (χ4n) is 8.42. The van der Waals surface area contributed by atoms with E-state index in [0.717, 1.165) is 68.1 Å². The number of imidazole rings is 1. The van der Waals surface area contributed by atoms with Crippen LogP contribution in [-0.4, -0.2) is 64.4 Å². The largest absolute Gasteiger partial charge is 0.343 e. The molecule has 2 amide bonds. The van der Waals surface area contributed by atoms with Crippen LogP contribution in [0.15, 0.2) is 36.7 Å².